The Morgan fingerprint density at radius 3 is 2.42 bits per heavy atom. The molecule has 4 heteroatoms. The van der Waals surface area contributed by atoms with Crippen LogP contribution in [0.3, 0.4) is 0 Å². The molecule has 2 aromatic rings. The lowest BCUT2D eigenvalue weighted by Crippen LogP contribution is -2.27. The number of carbonyl (C=O) groups excluding carboxylic acids is 1. The zero-order valence-electron chi connectivity index (χ0n) is 10.1. The Bertz CT molecular complexity index is 585. The third kappa shape index (κ3) is 2.65. The molecular weight excluding hydrogens is 369 g/mol. The van der Waals surface area contributed by atoms with Gasteiger partial charge < -0.3 is 0 Å². The molecule has 0 N–H and O–H groups in total. The number of rotatable bonds is 2. The van der Waals surface area contributed by atoms with Crippen molar-refractivity contribution in [2.24, 2.45) is 0 Å². The monoisotopic (exact) mass is 381 g/mol. The van der Waals surface area contributed by atoms with Crippen LogP contribution in [0.15, 0.2) is 54.6 Å². The molecule has 0 bridgehead atoms. The first kappa shape index (κ1) is 13.0. The Balaban J connectivity index is 1.97. The van der Waals surface area contributed by atoms with Crippen molar-refractivity contribution >= 4 is 45.9 Å². The molecule has 1 aliphatic heterocycles. The van der Waals surface area contributed by atoms with Crippen LogP contribution >= 0.6 is 34.4 Å². The molecule has 1 heterocycles. The van der Waals surface area contributed by atoms with E-state index in [1.807, 2.05) is 47.4 Å². The summed E-state index contributed by atoms with van der Waals surface area (Å²) in [6.45, 7) is 0. The Hall–Kier alpha value is -1.01. The van der Waals surface area contributed by atoms with Crippen molar-refractivity contribution in [1.82, 2.24) is 0 Å². The molecule has 0 unspecified atom stereocenters. The highest BCUT2D eigenvalue weighted by molar-refractivity contribution is 14.1. The molecule has 1 aliphatic rings. The summed E-state index contributed by atoms with van der Waals surface area (Å²) in [6, 6.07) is 18.3. The van der Waals surface area contributed by atoms with Gasteiger partial charge in [0.2, 0.25) is 5.91 Å². The van der Waals surface area contributed by atoms with E-state index in [1.54, 1.807) is 11.8 Å². The third-order valence-corrected chi connectivity index (χ3v) is 4.99. The van der Waals surface area contributed by atoms with Gasteiger partial charge in [-0.3, -0.25) is 9.69 Å². The fraction of sp³-hybridized carbons (Fsp3) is 0.133. The molecule has 1 saturated heterocycles. The highest BCUT2D eigenvalue weighted by Gasteiger charge is 2.33. The number of hydrogen-bond acceptors (Lipinski definition) is 2. The maximum absolute atomic E-state index is 12.1. The molecule has 0 radical (unpaired) electrons. The summed E-state index contributed by atoms with van der Waals surface area (Å²) in [4.78, 5) is 14.0. The van der Waals surface area contributed by atoms with E-state index in [0.29, 0.717) is 5.75 Å². The van der Waals surface area contributed by atoms with Gasteiger partial charge in [-0.1, -0.05) is 30.3 Å². The molecule has 2 nitrogen and oxygen atoms in total. The average molecular weight is 381 g/mol. The van der Waals surface area contributed by atoms with Crippen LogP contribution in [0.1, 0.15) is 10.9 Å². The zero-order chi connectivity index (χ0) is 13.2. The minimum Gasteiger partial charge on any atom is -0.295 e. The topological polar surface area (TPSA) is 20.3 Å². The second-order valence-electron chi connectivity index (χ2n) is 4.31. The second kappa shape index (κ2) is 5.54. The summed E-state index contributed by atoms with van der Waals surface area (Å²) in [7, 11) is 0. The summed E-state index contributed by atoms with van der Waals surface area (Å²) >= 11 is 3.96. The lowest BCUT2D eigenvalue weighted by Gasteiger charge is -2.24. The van der Waals surface area contributed by atoms with Gasteiger partial charge in [-0.2, -0.15) is 0 Å². The molecule has 96 valence electrons. The molecule has 1 amide bonds. The van der Waals surface area contributed by atoms with Gasteiger partial charge in [0.05, 0.1) is 5.75 Å². The van der Waals surface area contributed by atoms with Crippen molar-refractivity contribution in [3.8, 4) is 0 Å². The van der Waals surface area contributed by atoms with E-state index in [-0.39, 0.29) is 11.3 Å². The average Bonchev–Trinajstić information content (AvgIpc) is 2.83. The van der Waals surface area contributed by atoms with E-state index in [4.69, 9.17) is 0 Å². The van der Waals surface area contributed by atoms with E-state index >= 15 is 0 Å². The standard InChI is InChI=1S/C15H12INOS/c16-12-6-8-13(9-7-12)17-14(18)10-19-15(17)11-4-2-1-3-5-11/h1-9,15H,10H2/t15-/m1/s1. The molecule has 3 rings (SSSR count). The molecule has 0 aliphatic carbocycles. The van der Waals surface area contributed by atoms with Crippen LogP contribution < -0.4 is 4.90 Å². The molecule has 0 aromatic heterocycles. The Labute approximate surface area is 130 Å². The lowest BCUT2D eigenvalue weighted by atomic mass is 10.2. The van der Waals surface area contributed by atoms with Gasteiger partial charge in [0, 0.05) is 9.26 Å². The molecule has 2 aromatic carbocycles. The fourth-order valence-corrected chi connectivity index (χ4v) is 3.71. The number of nitrogens with zero attached hydrogens (tertiary/aromatic N) is 1. The van der Waals surface area contributed by atoms with E-state index in [9.17, 15) is 4.79 Å². The Morgan fingerprint density at radius 1 is 1.05 bits per heavy atom. The lowest BCUT2D eigenvalue weighted by molar-refractivity contribution is -0.115. The van der Waals surface area contributed by atoms with Crippen molar-refractivity contribution in [3.05, 3.63) is 63.7 Å². The van der Waals surface area contributed by atoms with E-state index in [2.05, 4.69) is 34.7 Å². The minimum atomic E-state index is 0.0914. The molecular formula is C15H12INOS. The number of halogens is 1. The van der Waals surface area contributed by atoms with Gasteiger partial charge in [-0.25, -0.2) is 0 Å². The largest absolute Gasteiger partial charge is 0.295 e. The normalized spacial score (nSPS) is 18.9. The van der Waals surface area contributed by atoms with Crippen molar-refractivity contribution in [3.63, 3.8) is 0 Å². The molecule has 19 heavy (non-hydrogen) atoms. The number of amides is 1. The maximum atomic E-state index is 12.1. The first-order valence-electron chi connectivity index (χ1n) is 6.00. The Kier molecular flexibility index (Phi) is 3.79. The highest BCUT2D eigenvalue weighted by Crippen LogP contribution is 2.41. The summed E-state index contributed by atoms with van der Waals surface area (Å²) in [5, 5.41) is 0.0914. The van der Waals surface area contributed by atoms with Crippen LogP contribution in [-0.4, -0.2) is 11.7 Å². The van der Waals surface area contributed by atoms with Crippen molar-refractivity contribution < 1.29 is 4.79 Å². The molecule has 0 spiro atoms. The Morgan fingerprint density at radius 2 is 1.74 bits per heavy atom. The summed E-state index contributed by atoms with van der Waals surface area (Å²) in [6.07, 6.45) is 0. The first-order chi connectivity index (χ1) is 9.25. The number of thioether (sulfide) groups is 1. The van der Waals surface area contributed by atoms with Gasteiger partial charge in [-0.15, -0.1) is 11.8 Å². The van der Waals surface area contributed by atoms with Crippen molar-refractivity contribution in [2.75, 3.05) is 10.7 Å². The molecule has 0 saturated carbocycles. The van der Waals surface area contributed by atoms with Crippen LogP contribution in [-0.2, 0) is 4.79 Å². The zero-order valence-corrected chi connectivity index (χ0v) is 13.1. The van der Waals surface area contributed by atoms with Gasteiger partial charge in [-0.05, 0) is 52.4 Å². The van der Waals surface area contributed by atoms with Crippen LogP contribution in [0.2, 0.25) is 0 Å². The summed E-state index contributed by atoms with van der Waals surface area (Å²) < 4.78 is 1.18. The van der Waals surface area contributed by atoms with E-state index < -0.39 is 0 Å². The number of anilines is 1. The highest BCUT2D eigenvalue weighted by atomic mass is 127. The van der Waals surface area contributed by atoms with Gasteiger partial charge >= 0.3 is 0 Å². The van der Waals surface area contributed by atoms with Crippen LogP contribution in [0.25, 0.3) is 0 Å². The van der Waals surface area contributed by atoms with Gasteiger partial charge in [0.1, 0.15) is 5.37 Å². The van der Waals surface area contributed by atoms with Gasteiger partial charge in [0.15, 0.2) is 0 Å². The summed E-state index contributed by atoms with van der Waals surface area (Å²) in [5.74, 6) is 0.728. The van der Waals surface area contributed by atoms with Crippen molar-refractivity contribution in [2.45, 2.75) is 5.37 Å². The van der Waals surface area contributed by atoms with Gasteiger partial charge in [0.25, 0.3) is 0 Å². The quantitative estimate of drug-likeness (QED) is 0.731. The number of benzene rings is 2. The molecule has 1 fully saturated rings. The van der Waals surface area contributed by atoms with Crippen LogP contribution in [0.5, 0.6) is 0 Å². The fourth-order valence-electron chi connectivity index (χ4n) is 2.17. The summed E-state index contributed by atoms with van der Waals surface area (Å²) in [5.41, 5.74) is 2.15. The smallest absolute Gasteiger partial charge is 0.238 e. The predicted octanol–water partition coefficient (Wildman–Crippen LogP) is 4.07. The maximum Gasteiger partial charge on any atom is 0.238 e. The van der Waals surface area contributed by atoms with E-state index in [0.717, 1.165) is 5.69 Å². The third-order valence-electron chi connectivity index (χ3n) is 3.06. The second-order valence-corrected chi connectivity index (χ2v) is 6.63. The van der Waals surface area contributed by atoms with Crippen LogP contribution in [0.4, 0.5) is 5.69 Å². The van der Waals surface area contributed by atoms with Crippen molar-refractivity contribution in [1.29, 1.82) is 0 Å². The number of carbonyl (C=O) groups is 1. The number of hydrogen-bond donors (Lipinski definition) is 0. The minimum absolute atomic E-state index is 0.0914. The first-order valence-corrected chi connectivity index (χ1v) is 8.12. The molecule has 1 atom stereocenters. The van der Waals surface area contributed by atoms with E-state index in [1.165, 1.54) is 9.13 Å². The van der Waals surface area contributed by atoms with Crippen LogP contribution in [0, 0.1) is 3.57 Å². The SMILES string of the molecule is O=C1CS[C@H](c2ccccc2)N1c1ccc(I)cc1. The predicted molar refractivity (Wildman–Crippen MR) is 88.3 cm³/mol.